The van der Waals surface area contributed by atoms with E-state index in [0.717, 1.165) is 12.8 Å². The lowest BCUT2D eigenvalue weighted by Gasteiger charge is -2.13. The number of benzene rings is 1. The fraction of sp³-hybridized carbons (Fsp3) is 0.250. The second-order valence-electron chi connectivity index (χ2n) is 6.89. The van der Waals surface area contributed by atoms with Crippen LogP contribution in [0.4, 0.5) is 10.1 Å². The van der Waals surface area contributed by atoms with Gasteiger partial charge in [-0.25, -0.2) is 14.4 Å². The van der Waals surface area contributed by atoms with Gasteiger partial charge in [0, 0.05) is 28.8 Å². The Morgan fingerprint density at radius 3 is 2.81 bits per heavy atom. The highest BCUT2D eigenvalue weighted by Gasteiger charge is 2.40. The summed E-state index contributed by atoms with van der Waals surface area (Å²) < 4.78 is 20.2. The molecule has 2 aromatic heterocycles. The topological polar surface area (TPSA) is 81.3 Å². The third-order valence-electron chi connectivity index (χ3n) is 5.24. The number of aromatic nitrogens is 2. The molecule has 0 unspecified atom stereocenters. The molecule has 2 N–H and O–H groups in total. The van der Waals surface area contributed by atoms with Crippen molar-refractivity contribution in [3.63, 3.8) is 0 Å². The Balaban J connectivity index is 1.79. The predicted molar refractivity (Wildman–Crippen MR) is 98.8 cm³/mol. The maximum absolute atomic E-state index is 14.9. The Labute approximate surface area is 154 Å². The highest BCUT2D eigenvalue weighted by Crippen LogP contribution is 2.42. The number of carbonyl (C=O) groups excluding carboxylic acids is 1. The Hall–Kier alpha value is -3.22. The third kappa shape index (κ3) is 2.27. The minimum absolute atomic E-state index is 0.0794. The number of hydrogen-bond acceptors (Lipinski definition) is 5. The van der Waals surface area contributed by atoms with Crippen molar-refractivity contribution >= 4 is 22.5 Å². The number of ether oxygens (including phenoxy) is 1. The van der Waals surface area contributed by atoms with Crippen molar-refractivity contribution in [1.82, 2.24) is 14.9 Å². The number of rotatable bonds is 3. The highest BCUT2D eigenvalue weighted by atomic mass is 19.1. The van der Waals surface area contributed by atoms with Crippen molar-refractivity contribution in [3.05, 3.63) is 47.5 Å². The summed E-state index contributed by atoms with van der Waals surface area (Å²) in [6, 6.07) is 6.63. The molecule has 0 saturated heterocycles. The van der Waals surface area contributed by atoms with E-state index >= 15 is 0 Å². The van der Waals surface area contributed by atoms with E-state index < -0.39 is 5.82 Å². The van der Waals surface area contributed by atoms with Crippen LogP contribution >= 0.6 is 0 Å². The molecule has 7 heteroatoms. The number of pyridine rings is 2. The quantitative estimate of drug-likeness (QED) is 0.772. The van der Waals surface area contributed by atoms with Crippen molar-refractivity contribution in [2.24, 2.45) is 0 Å². The van der Waals surface area contributed by atoms with Crippen molar-refractivity contribution in [3.8, 4) is 17.0 Å². The lowest BCUT2D eigenvalue weighted by atomic mass is 9.99. The van der Waals surface area contributed by atoms with Gasteiger partial charge in [-0.3, -0.25) is 4.79 Å². The van der Waals surface area contributed by atoms with Gasteiger partial charge in [0.05, 0.1) is 36.1 Å². The van der Waals surface area contributed by atoms with Gasteiger partial charge < -0.3 is 15.4 Å². The first-order valence-corrected chi connectivity index (χ1v) is 8.81. The van der Waals surface area contributed by atoms with Gasteiger partial charge in [0.1, 0.15) is 5.82 Å². The summed E-state index contributed by atoms with van der Waals surface area (Å²) in [5.74, 6) is -0.214. The standard InChI is InChI=1S/C20H17FN4O2/c1-27-19-11(3-2-8-23-19)15-13(21)7-6-12-17(22)16-14(24-18(12)15)9-25(20(16)26)10-4-5-10/h2-3,6-8,10H,4-5,9H2,1H3,(H2,22,24). The average molecular weight is 364 g/mol. The fourth-order valence-corrected chi connectivity index (χ4v) is 3.79. The first-order chi connectivity index (χ1) is 13.1. The van der Waals surface area contributed by atoms with Crippen LogP contribution in [-0.4, -0.2) is 33.9 Å². The largest absolute Gasteiger partial charge is 0.481 e. The monoisotopic (exact) mass is 364 g/mol. The molecule has 1 aliphatic heterocycles. The van der Waals surface area contributed by atoms with Crippen LogP contribution in [0.25, 0.3) is 22.0 Å². The molecular weight excluding hydrogens is 347 g/mol. The minimum Gasteiger partial charge on any atom is -0.481 e. The first kappa shape index (κ1) is 16.0. The number of anilines is 1. The Morgan fingerprint density at radius 2 is 2.07 bits per heavy atom. The molecule has 27 heavy (non-hydrogen) atoms. The number of methoxy groups -OCH3 is 1. The molecule has 1 fully saturated rings. The van der Waals surface area contributed by atoms with E-state index in [1.54, 1.807) is 24.4 Å². The molecule has 5 rings (SSSR count). The predicted octanol–water partition coefficient (Wildman–Crippen LogP) is 3.14. The van der Waals surface area contributed by atoms with E-state index in [4.69, 9.17) is 10.5 Å². The molecule has 136 valence electrons. The molecule has 0 radical (unpaired) electrons. The molecule has 0 bridgehead atoms. The Morgan fingerprint density at radius 1 is 1.26 bits per heavy atom. The van der Waals surface area contributed by atoms with Gasteiger partial charge in [-0.2, -0.15) is 0 Å². The van der Waals surface area contributed by atoms with Gasteiger partial charge in [0.15, 0.2) is 0 Å². The number of fused-ring (bicyclic) bond motifs is 2. The van der Waals surface area contributed by atoms with E-state index in [1.807, 2.05) is 4.90 Å². The van der Waals surface area contributed by atoms with Crippen molar-refractivity contribution in [2.75, 3.05) is 12.8 Å². The van der Waals surface area contributed by atoms with Crippen LogP contribution in [0.5, 0.6) is 5.88 Å². The van der Waals surface area contributed by atoms with Crippen LogP contribution in [0.1, 0.15) is 28.9 Å². The summed E-state index contributed by atoms with van der Waals surface area (Å²) in [5, 5.41) is 0.557. The molecule has 3 heterocycles. The lowest BCUT2D eigenvalue weighted by Crippen LogP contribution is -2.26. The summed E-state index contributed by atoms with van der Waals surface area (Å²) in [4.78, 5) is 23.4. The molecule has 1 aromatic carbocycles. The minimum atomic E-state index is -0.441. The zero-order valence-corrected chi connectivity index (χ0v) is 14.7. The van der Waals surface area contributed by atoms with Gasteiger partial charge in [-0.1, -0.05) is 0 Å². The van der Waals surface area contributed by atoms with Crippen molar-refractivity contribution in [1.29, 1.82) is 0 Å². The maximum Gasteiger partial charge on any atom is 0.258 e. The molecule has 1 aliphatic carbocycles. The van der Waals surface area contributed by atoms with Gasteiger partial charge in [-0.15, -0.1) is 0 Å². The summed E-state index contributed by atoms with van der Waals surface area (Å²) >= 11 is 0. The van der Waals surface area contributed by atoms with Crippen molar-refractivity contribution in [2.45, 2.75) is 25.4 Å². The molecule has 0 atom stereocenters. The van der Waals surface area contributed by atoms with Gasteiger partial charge >= 0.3 is 0 Å². The molecule has 0 spiro atoms. The van der Waals surface area contributed by atoms with Crippen molar-refractivity contribution < 1.29 is 13.9 Å². The van der Waals surface area contributed by atoms with Crippen LogP contribution in [0.2, 0.25) is 0 Å². The number of carbonyl (C=O) groups is 1. The summed E-state index contributed by atoms with van der Waals surface area (Å²) in [6.07, 6.45) is 3.59. The third-order valence-corrected chi connectivity index (χ3v) is 5.24. The summed E-state index contributed by atoms with van der Waals surface area (Å²) in [6.45, 7) is 0.416. The smallest absolute Gasteiger partial charge is 0.258 e. The normalized spacial score (nSPS) is 16.1. The van der Waals surface area contributed by atoms with Crippen LogP contribution in [0, 0.1) is 5.82 Å². The van der Waals surface area contributed by atoms with E-state index in [9.17, 15) is 9.18 Å². The number of amides is 1. The van der Waals surface area contributed by atoms with E-state index in [2.05, 4.69) is 9.97 Å². The van der Waals surface area contributed by atoms with E-state index in [1.165, 1.54) is 13.2 Å². The second kappa shape index (κ2) is 5.64. The van der Waals surface area contributed by atoms with E-state index in [-0.39, 0.29) is 17.5 Å². The molecule has 6 nitrogen and oxygen atoms in total. The van der Waals surface area contributed by atoms with Crippen LogP contribution < -0.4 is 10.5 Å². The van der Waals surface area contributed by atoms with Crippen LogP contribution in [-0.2, 0) is 6.54 Å². The van der Waals surface area contributed by atoms with E-state index in [0.29, 0.717) is 45.8 Å². The molecular formula is C20H17FN4O2. The maximum atomic E-state index is 14.9. The van der Waals surface area contributed by atoms with Gasteiger partial charge in [0.2, 0.25) is 5.88 Å². The van der Waals surface area contributed by atoms with Crippen LogP contribution in [0.3, 0.4) is 0 Å². The summed E-state index contributed by atoms with van der Waals surface area (Å²) in [7, 11) is 1.49. The second-order valence-corrected chi connectivity index (χ2v) is 6.89. The molecule has 2 aliphatic rings. The first-order valence-electron chi connectivity index (χ1n) is 8.81. The molecule has 1 saturated carbocycles. The zero-order chi connectivity index (χ0) is 18.7. The van der Waals surface area contributed by atoms with Crippen LogP contribution in [0.15, 0.2) is 30.5 Å². The lowest BCUT2D eigenvalue weighted by molar-refractivity contribution is 0.0767. The Kier molecular flexibility index (Phi) is 3.34. The number of nitrogens with two attached hydrogens (primary N) is 1. The van der Waals surface area contributed by atoms with Gasteiger partial charge in [-0.05, 0) is 37.1 Å². The number of hydrogen-bond donors (Lipinski definition) is 1. The van der Waals surface area contributed by atoms with Gasteiger partial charge in [0.25, 0.3) is 5.91 Å². The fourth-order valence-electron chi connectivity index (χ4n) is 3.79. The zero-order valence-electron chi connectivity index (χ0n) is 14.7. The average Bonchev–Trinajstić information content (AvgIpc) is 3.46. The molecule has 1 amide bonds. The number of nitrogen functional groups attached to an aromatic ring is 1. The molecule has 3 aromatic rings. The number of nitrogens with zero attached hydrogens (tertiary/aromatic N) is 3. The Bertz CT molecular complexity index is 1110. The summed E-state index contributed by atoms with van der Waals surface area (Å²) in [5.41, 5.74) is 8.96. The number of halogens is 1. The highest BCUT2D eigenvalue weighted by molar-refractivity contribution is 6.11. The SMILES string of the molecule is COc1ncccc1-c1c(F)ccc2c(N)c3c(nc12)CN(C1CC1)C3=O.